The van der Waals surface area contributed by atoms with Crippen molar-refractivity contribution in [1.82, 2.24) is 4.90 Å². The van der Waals surface area contributed by atoms with Gasteiger partial charge in [0.25, 0.3) is 5.91 Å². The van der Waals surface area contributed by atoms with Crippen molar-refractivity contribution < 1.29 is 9.59 Å². The summed E-state index contributed by atoms with van der Waals surface area (Å²) in [6.45, 7) is 3.06. The van der Waals surface area contributed by atoms with Crippen molar-refractivity contribution in [1.29, 1.82) is 0 Å². The summed E-state index contributed by atoms with van der Waals surface area (Å²) < 4.78 is 0. The molecule has 5 heteroatoms. The Balaban J connectivity index is 1.84. The van der Waals surface area contributed by atoms with Gasteiger partial charge < -0.3 is 10.6 Å². The first kappa shape index (κ1) is 14.8. The van der Waals surface area contributed by atoms with E-state index in [2.05, 4.69) is 0 Å². The van der Waals surface area contributed by atoms with Crippen molar-refractivity contribution in [3.63, 3.8) is 0 Å². The van der Waals surface area contributed by atoms with Crippen molar-refractivity contribution >= 4 is 23.2 Å². The fourth-order valence-electron chi connectivity index (χ4n) is 2.76. The number of thiophene rings is 1. The Labute approximate surface area is 133 Å². The van der Waals surface area contributed by atoms with Crippen LogP contribution >= 0.6 is 11.3 Å². The first-order valence-corrected chi connectivity index (χ1v) is 8.17. The molecule has 1 aromatic heterocycles. The molecule has 0 spiro atoms. The Hall–Kier alpha value is -2.14. The molecular weight excluding hydrogens is 296 g/mol. The zero-order valence-electron chi connectivity index (χ0n) is 12.4. The average molecular weight is 314 g/mol. The number of amides is 2. The number of hydrogen-bond acceptors (Lipinski definition) is 3. The second-order valence-corrected chi connectivity index (χ2v) is 6.58. The van der Waals surface area contributed by atoms with Gasteiger partial charge in [0.1, 0.15) is 0 Å². The SMILES string of the molecule is Cc1ccc(-c2ccsc2C(=O)N2CC[C@@H](C(N)=O)C2)cc1. The molecule has 2 aromatic rings. The van der Waals surface area contributed by atoms with Gasteiger partial charge in [-0.3, -0.25) is 9.59 Å². The predicted molar refractivity (Wildman–Crippen MR) is 87.7 cm³/mol. The average Bonchev–Trinajstić information content (AvgIpc) is 3.17. The molecule has 3 rings (SSSR count). The molecule has 0 unspecified atom stereocenters. The molecule has 1 saturated heterocycles. The van der Waals surface area contributed by atoms with E-state index in [9.17, 15) is 9.59 Å². The smallest absolute Gasteiger partial charge is 0.264 e. The number of likely N-dealkylation sites (tertiary alicyclic amines) is 1. The minimum atomic E-state index is -0.319. The minimum absolute atomic E-state index is 0.00525. The maximum Gasteiger partial charge on any atom is 0.264 e. The quantitative estimate of drug-likeness (QED) is 0.946. The van der Waals surface area contributed by atoms with Crippen LogP contribution in [0.2, 0.25) is 0 Å². The third-order valence-corrected chi connectivity index (χ3v) is 5.00. The van der Waals surface area contributed by atoms with Crippen LogP contribution in [-0.4, -0.2) is 29.8 Å². The summed E-state index contributed by atoms with van der Waals surface area (Å²) in [4.78, 5) is 26.5. The van der Waals surface area contributed by atoms with Crippen molar-refractivity contribution in [3.8, 4) is 11.1 Å². The summed E-state index contributed by atoms with van der Waals surface area (Å²) in [5, 5.41) is 1.93. The van der Waals surface area contributed by atoms with Crippen LogP contribution in [0.25, 0.3) is 11.1 Å². The topological polar surface area (TPSA) is 63.4 Å². The fourth-order valence-corrected chi connectivity index (χ4v) is 3.64. The van der Waals surface area contributed by atoms with Crippen molar-refractivity contribution in [3.05, 3.63) is 46.2 Å². The van der Waals surface area contributed by atoms with E-state index in [4.69, 9.17) is 5.73 Å². The van der Waals surface area contributed by atoms with E-state index in [1.807, 2.05) is 42.6 Å². The number of rotatable bonds is 3. The van der Waals surface area contributed by atoms with Gasteiger partial charge in [0.2, 0.25) is 5.91 Å². The predicted octanol–water partition coefficient (Wildman–Crippen LogP) is 2.67. The van der Waals surface area contributed by atoms with Gasteiger partial charge in [-0.15, -0.1) is 11.3 Å². The molecule has 114 valence electrons. The molecule has 1 aliphatic heterocycles. The van der Waals surface area contributed by atoms with Crippen LogP contribution in [-0.2, 0) is 4.79 Å². The highest BCUT2D eigenvalue weighted by Crippen LogP contribution is 2.31. The number of primary amides is 1. The van der Waals surface area contributed by atoms with Crippen LogP contribution in [0.5, 0.6) is 0 Å². The van der Waals surface area contributed by atoms with Crippen molar-refractivity contribution in [2.45, 2.75) is 13.3 Å². The molecule has 1 aliphatic rings. The number of benzene rings is 1. The Morgan fingerprint density at radius 3 is 2.59 bits per heavy atom. The highest BCUT2D eigenvalue weighted by molar-refractivity contribution is 7.12. The van der Waals surface area contributed by atoms with Gasteiger partial charge in [0, 0.05) is 18.7 Å². The maximum atomic E-state index is 12.7. The lowest BCUT2D eigenvalue weighted by Crippen LogP contribution is -2.31. The van der Waals surface area contributed by atoms with E-state index in [0.29, 0.717) is 19.5 Å². The first-order chi connectivity index (χ1) is 10.6. The highest BCUT2D eigenvalue weighted by atomic mass is 32.1. The number of hydrogen-bond donors (Lipinski definition) is 1. The molecule has 1 fully saturated rings. The third kappa shape index (κ3) is 2.76. The van der Waals surface area contributed by atoms with E-state index in [0.717, 1.165) is 16.0 Å². The molecule has 2 amide bonds. The van der Waals surface area contributed by atoms with Crippen molar-refractivity contribution in [2.75, 3.05) is 13.1 Å². The number of carbonyl (C=O) groups excluding carboxylic acids is 2. The largest absolute Gasteiger partial charge is 0.369 e. The van der Waals surface area contributed by atoms with Gasteiger partial charge in [-0.1, -0.05) is 29.8 Å². The van der Waals surface area contributed by atoms with E-state index >= 15 is 0 Å². The van der Waals surface area contributed by atoms with Crippen LogP contribution in [0.1, 0.15) is 21.7 Å². The molecule has 2 N–H and O–H groups in total. The van der Waals surface area contributed by atoms with Crippen LogP contribution in [0.4, 0.5) is 0 Å². The van der Waals surface area contributed by atoms with Crippen LogP contribution in [0.3, 0.4) is 0 Å². The zero-order chi connectivity index (χ0) is 15.7. The number of carbonyl (C=O) groups is 2. The molecule has 0 aliphatic carbocycles. The molecule has 0 radical (unpaired) electrons. The van der Waals surface area contributed by atoms with Crippen molar-refractivity contribution in [2.24, 2.45) is 11.7 Å². The van der Waals surface area contributed by atoms with Crippen LogP contribution in [0.15, 0.2) is 35.7 Å². The molecule has 2 heterocycles. The van der Waals surface area contributed by atoms with E-state index < -0.39 is 0 Å². The molecular formula is C17H18N2O2S. The maximum absolute atomic E-state index is 12.7. The monoisotopic (exact) mass is 314 g/mol. The van der Waals surface area contributed by atoms with Gasteiger partial charge in [-0.2, -0.15) is 0 Å². The lowest BCUT2D eigenvalue weighted by Gasteiger charge is -2.16. The molecule has 1 atom stereocenters. The summed E-state index contributed by atoms with van der Waals surface area (Å²) in [6, 6.07) is 10.1. The second kappa shape index (κ2) is 5.93. The Bertz CT molecular complexity index is 706. The Morgan fingerprint density at radius 2 is 1.95 bits per heavy atom. The zero-order valence-corrected chi connectivity index (χ0v) is 13.2. The lowest BCUT2D eigenvalue weighted by atomic mass is 10.0. The highest BCUT2D eigenvalue weighted by Gasteiger charge is 2.31. The van der Waals surface area contributed by atoms with Gasteiger partial charge in [0.05, 0.1) is 10.8 Å². The molecule has 0 bridgehead atoms. The number of aryl methyl sites for hydroxylation is 1. The normalized spacial score (nSPS) is 17.7. The Kier molecular flexibility index (Phi) is 3.98. The fraction of sp³-hybridized carbons (Fsp3) is 0.294. The van der Waals surface area contributed by atoms with Gasteiger partial charge >= 0.3 is 0 Å². The standard InChI is InChI=1S/C17H18N2O2S/c1-11-2-4-12(5-3-11)14-7-9-22-15(14)17(21)19-8-6-13(10-19)16(18)20/h2-5,7,9,13H,6,8,10H2,1H3,(H2,18,20)/t13-/m1/s1. The molecule has 1 aromatic carbocycles. The summed E-state index contributed by atoms with van der Waals surface area (Å²) in [7, 11) is 0. The summed E-state index contributed by atoms with van der Waals surface area (Å²) in [5.41, 5.74) is 8.53. The van der Waals surface area contributed by atoms with Gasteiger partial charge in [-0.25, -0.2) is 0 Å². The second-order valence-electron chi connectivity index (χ2n) is 5.67. The summed E-state index contributed by atoms with van der Waals surface area (Å²) in [6.07, 6.45) is 0.659. The summed E-state index contributed by atoms with van der Waals surface area (Å²) >= 11 is 1.45. The van der Waals surface area contributed by atoms with E-state index in [1.54, 1.807) is 4.90 Å². The van der Waals surface area contributed by atoms with Gasteiger partial charge in [0.15, 0.2) is 0 Å². The molecule has 4 nitrogen and oxygen atoms in total. The third-order valence-electron chi connectivity index (χ3n) is 4.10. The Morgan fingerprint density at radius 1 is 1.23 bits per heavy atom. The minimum Gasteiger partial charge on any atom is -0.369 e. The summed E-state index contributed by atoms with van der Waals surface area (Å²) in [5.74, 6) is -0.540. The lowest BCUT2D eigenvalue weighted by molar-refractivity contribution is -0.121. The number of nitrogens with zero attached hydrogens (tertiary/aromatic N) is 1. The van der Waals surface area contributed by atoms with E-state index in [1.165, 1.54) is 16.9 Å². The van der Waals surface area contributed by atoms with E-state index in [-0.39, 0.29) is 17.7 Å². The number of nitrogens with two attached hydrogens (primary N) is 1. The van der Waals surface area contributed by atoms with Gasteiger partial charge in [-0.05, 0) is 30.4 Å². The molecule has 22 heavy (non-hydrogen) atoms. The van der Waals surface area contributed by atoms with Crippen LogP contribution in [0, 0.1) is 12.8 Å². The van der Waals surface area contributed by atoms with Crippen LogP contribution < -0.4 is 5.73 Å². The first-order valence-electron chi connectivity index (χ1n) is 7.29. The molecule has 0 saturated carbocycles.